The number of aliphatic carboxylic acids is 1. The maximum absolute atomic E-state index is 10.3. The van der Waals surface area contributed by atoms with Crippen LogP contribution in [0, 0.1) is 11.8 Å². The zero-order chi connectivity index (χ0) is 16.0. The second kappa shape index (κ2) is 12.3. The molecule has 2 heteroatoms. The van der Waals surface area contributed by atoms with Gasteiger partial charge in [-0.3, -0.25) is 0 Å². The van der Waals surface area contributed by atoms with E-state index in [9.17, 15) is 4.79 Å². The molecule has 1 fully saturated rings. The molecular weight excluding hydrogens is 272 g/mol. The molecule has 2 atom stereocenters. The molecule has 0 heterocycles. The van der Waals surface area contributed by atoms with Gasteiger partial charge in [0.15, 0.2) is 0 Å². The molecule has 124 valence electrons. The zero-order valence-electron chi connectivity index (χ0n) is 14.0. The number of allylic oxidation sites excluding steroid dienone is 5. The smallest absolute Gasteiger partial charge is 0.328 e. The van der Waals surface area contributed by atoms with Gasteiger partial charge in [0.2, 0.25) is 0 Å². The molecule has 1 saturated carbocycles. The fourth-order valence-corrected chi connectivity index (χ4v) is 3.34. The van der Waals surface area contributed by atoms with E-state index < -0.39 is 5.97 Å². The molecule has 0 aromatic carbocycles. The van der Waals surface area contributed by atoms with Gasteiger partial charge < -0.3 is 5.11 Å². The fraction of sp³-hybridized carbons (Fsp3) is 0.650. The van der Waals surface area contributed by atoms with Gasteiger partial charge in [-0.2, -0.15) is 0 Å². The molecule has 0 unspecified atom stereocenters. The SMILES string of the molecule is CCCCCCCC[C@H]1CCC[C@@H]1/C=C\C=CC=CC(=O)O. The van der Waals surface area contributed by atoms with Crippen LogP contribution < -0.4 is 0 Å². The van der Waals surface area contributed by atoms with Crippen molar-refractivity contribution in [3.05, 3.63) is 36.5 Å². The first-order valence-corrected chi connectivity index (χ1v) is 8.98. The number of carbonyl (C=O) groups is 1. The highest BCUT2D eigenvalue weighted by atomic mass is 16.4. The van der Waals surface area contributed by atoms with Crippen LogP contribution in [0.2, 0.25) is 0 Å². The predicted octanol–water partition coefficient (Wildman–Crippen LogP) is 5.91. The molecule has 1 N–H and O–H groups in total. The second-order valence-electron chi connectivity index (χ2n) is 6.38. The van der Waals surface area contributed by atoms with Crippen molar-refractivity contribution < 1.29 is 9.90 Å². The summed E-state index contributed by atoms with van der Waals surface area (Å²) in [7, 11) is 0. The van der Waals surface area contributed by atoms with E-state index in [-0.39, 0.29) is 0 Å². The summed E-state index contributed by atoms with van der Waals surface area (Å²) in [6, 6.07) is 0. The van der Waals surface area contributed by atoms with E-state index in [1.165, 1.54) is 64.2 Å². The highest BCUT2D eigenvalue weighted by Crippen LogP contribution is 2.36. The van der Waals surface area contributed by atoms with Crippen LogP contribution in [-0.4, -0.2) is 11.1 Å². The molecule has 1 aliphatic carbocycles. The minimum Gasteiger partial charge on any atom is -0.478 e. The quantitative estimate of drug-likeness (QED) is 0.293. The third-order valence-corrected chi connectivity index (χ3v) is 4.58. The van der Waals surface area contributed by atoms with Crippen LogP contribution in [0.3, 0.4) is 0 Å². The minimum atomic E-state index is -0.900. The number of hydrogen-bond donors (Lipinski definition) is 1. The molecule has 0 aromatic rings. The van der Waals surface area contributed by atoms with E-state index in [2.05, 4.69) is 19.1 Å². The summed E-state index contributed by atoms with van der Waals surface area (Å²) in [5.74, 6) is 0.692. The van der Waals surface area contributed by atoms with E-state index in [4.69, 9.17) is 5.11 Å². The largest absolute Gasteiger partial charge is 0.478 e. The molecule has 0 spiro atoms. The van der Waals surface area contributed by atoms with Gasteiger partial charge in [-0.25, -0.2) is 4.79 Å². The van der Waals surface area contributed by atoms with Crippen LogP contribution in [0.5, 0.6) is 0 Å². The van der Waals surface area contributed by atoms with Gasteiger partial charge in [0.05, 0.1) is 0 Å². The number of hydrogen-bond acceptors (Lipinski definition) is 1. The third kappa shape index (κ3) is 8.86. The Morgan fingerprint density at radius 2 is 1.73 bits per heavy atom. The molecule has 1 rings (SSSR count). The van der Waals surface area contributed by atoms with Gasteiger partial charge in [-0.05, 0) is 31.1 Å². The van der Waals surface area contributed by atoms with Crippen molar-refractivity contribution >= 4 is 5.97 Å². The molecule has 2 nitrogen and oxygen atoms in total. The van der Waals surface area contributed by atoms with Gasteiger partial charge in [0, 0.05) is 6.08 Å². The molecule has 0 saturated heterocycles. The van der Waals surface area contributed by atoms with Crippen LogP contribution in [0.4, 0.5) is 0 Å². The van der Waals surface area contributed by atoms with E-state index in [0.29, 0.717) is 0 Å². The summed E-state index contributed by atoms with van der Waals surface area (Å²) in [5.41, 5.74) is 0. The van der Waals surface area contributed by atoms with E-state index in [0.717, 1.165) is 17.9 Å². The average Bonchev–Trinajstić information content (AvgIpc) is 2.93. The lowest BCUT2D eigenvalue weighted by Crippen LogP contribution is -2.04. The maximum Gasteiger partial charge on any atom is 0.328 e. The Balaban J connectivity index is 2.20. The fourth-order valence-electron chi connectivity index (χ4n) is 3.34. The van der Waals surface area contributed by atoms with Crippen molar-refractivity contribution in [3.63, 3.8) is 0 Å². The monoisotopic (exact) mass is 304 g/mol. The number of carboxylic acids is 1. The molecule has 0 bridgehead atoms. The van der Waals surface area contributed by atoms with Gasteiger partial charge in [0.1, 0.15) is 0 Å². The van der Waals surface area contributed by atoms with Crippen molar-refractivity contribution in [1.82, 2.24) is 0 Å². The van der Waals surface area contributed by atoms with Crippen molar-refractivity contribution in [2.45, 2.75) is 71.1 Å². The van der Waals surface area contributed by atoms with Gasteiger partial charge >= 0.3 is 5.97 Å². The lowest BCUT2D eigenvalue weighted by molar-refractivity contribution is -0.131. The third-order valence-electron chi connectivity index (χ3n) is 4.58. The number of carboxylic acid groups (broad SMARTS) is 1. The summed E-state index contributed by atoms with van der Waals surface area (Å²) < 4.78 is 0. The maximum atomic E-state index is 10.3. The van der Waals surface area contributed by atoms with Gasteiger partial charge in [-0.1, -0.05) is 82.2 Å². The summed E-state index contributed by atoms with van der Waals surface area (Å²) in [6.07, 6.45) is 24.6. The molecule has 0 aromatic heterocycles. The Labute approximate surface area is 136 Å². The van der Waals surface area contributed by atoms with Crippen LogP contribution in [0.1, 0.15) is 71.1 Å². The standard InChI is InChI=1S/C20H32O2/c1-2-3-4-5-6-9-13-18-15-12-16-19(18)14-10-7-8-11-17-20(21)22/h7-8,10-11,14,17-19H,2-6,9,12-13,15-16H2,1H3,(H,21,22)/b8-7?,14-10-,17-11?/t18-,19-/m0/s1. The molecule has 0 aliphatic heterocycles. The topological polar surface area (TPSA) is 37.3 Å². The lowest BCUT2D eigenvalue weighted by atomic mass is 9.90. The first-order valence-electron chi connectivity index (χ1n) is 8.98. The molecule has 0 radical (unpaired) electrons. The Morgan fingerprint density at radius 3 is 2.50 bits per heavy atom. The second-order valence-corrected chi connectivity index (χ2v) is 6.38. The Hall–Kier alpha value is -1.31. The molecule has 0 amide bonds. The van der Waals surface area contributed by atoms with Gasteiger partial charge in [0.25, 0.3) is 0 Å². The molecular formula is C20H32O2. The first kappa shape index (κ1) is 18.7. The van der Waals surface area contributed by atoms with Crippen molar-refractivity contribution in [1.29, 1.82) is 0 Å². The highest BCUT2D eigenvalue weighted by Gasteiger charge is 2.24. The van der Waals surface area contributed by atoms with E-state index in [1.807, 2.05) is 6.08 Å². The van der Waals surface area contributed by atoms with Crippen LogP contribution in [0.15, 0.2) is 36.5 Å². The Morgan fingerprint density at radius 1 is 1.00 bits per heavy atom. The summed E-state index contributed by atoms with van der Waals surface area (Å²) >= 11 is 0. The van der Waals surface area contributed by atoms with Gasteiger partial charge in [-0.15, -0.1) is 0 Å². The zero-order valence-corrected chi connectivity index (χ0v) is 14.0. The normalized spacial score (nSPS) is 22.4. The molecule has 1 aliphatic rings. The van der Waals surface area contributed by atoms with Crippen molar-refractivity contribution in [2.75, 3.05) is 0 Å². The summed E-state index contributed by atoms with van der Waals surface area (Å²) in [4.78, 5) is 10.3. The van der Waals surface area contributed by atoms with Crippen molar-refractivity contribution in [3.8, 4) is 0 Å². The number of rotatable bonds is 11. The summed E-state index contributed by atoms with van der Waals surface area (Å²) in [5, 5.41) is 8.49. The van der Waals surface area contributed by atoms with E-state index in [1.54, 1.807) is 12.2 Å². The Bertz CT molecular complexity index is 379. The average molecular weight is 304 g/mol. The minimum absolute atomic E-state index is 0.726. The highest BCUT2D eigenvalue weighted by molar-refractivity contribution is 5.80. The van der Waals surface area contributed by atoms with Crippen molar-refractivity contribution in [2.24, 2.45) is 11.8 Å². The Kier molecular flexibility index (Phi) is 10.4. The van der Waals surface area contributed by atoms with Crippen LogP contribution in [-0.2, 0) is 4.79 Å². The van der Waals surface area contributed by atoms with E-state index >= 15 is 0 Å². The molecule has 22 heavy (non-hydrogen) atoms. The number of unbranched alkanes of at least 4 members (excludes halogenated alkanes) is 5. The van der Waals surface area contributed by atoms with Crippen LogP contribution in [0.25, 0.3) is 0 Å². The first-order chi connectivity index (χ1) is 10.7. The lowest BCUT2D eigenvalue weighted by Gasteiger charge is -2.15. The summed E-state index contributed by atoms with van der Waals surface area (Å²) in [6.45, 7) is 2.27. The van der Waals surface area contributed by atoms with Crippen LogP contribution >= 0.6 is 0 Å². The predicted molar refractivity (Wildman–Crippen MR) is 93.9 cm³/mol.